The molecule has 3 aromatic rings. The minimum Gasteiger partial charge on any atom is -0.392 e. The Balaban J connectivity index is 1.85. The van der Waals surface area contributed by atoms with Crippen molar-refractivity contribution in [1.82, 2.24) is 10.3 Å². The van der Waals surface area contributed by atoms with Crippen LogP contribution in [0.15, 0.2) is 59.5 Å². The number of fused-ring (bicyclic) bond motifs is 1. The van der Waals surface area contributed by atoms with Crippen LogP contribution in [-0.2, 0) is 6.54 Å². The van der Waals surface area contributed by atoms with Gasteiger partial charge in [-0.2, -0.15) is 0 Å². The Hall–Kier alpha value is -2.89. The third-order valence-electron chi connectivity index (χ3n) is 3.93. The third kappa shape index (κ3) is 4.02. The van der Waals surface area contributed by atoms with Crippen molar-refractivity contribution in [3.05, 3.63) is 86.7 Å². The minimum atomic E-state index is -0.445. The van der Waals surface area contributed by atoms with E-state index in [1.54, 1.807) is 36.4 Å². The van der Waals surface area contributed by atoms with E-state index >= 15 is 0 Å². The Morgan fingerprint density at radius 2 is 1.96 bits per heavy atom. The van der Waals surface area contributed by atoms with Crippen molar-refractivity contribution in [2.24, 2.45) is 0 Å². The summed E-state index contributed by atoms with van der Waals surface area (Å²) >= 11 is 5.84. The molecule has 0 radical (unpaired) electrons. The number of amides is 1. The van der Waals surface area contributed by atoms with Crippen molar-refractivity contribution in [3.8, 4) is 0 Å². The molecule has 3 N–H and O–H groups in total. The van der Waals surface area contributed by atoms with E-state index in [0.717, 1.165) is 11.1 Å². The van der Waals surface area contributed by atoms with Crippen LogP contribution in [0.25, 0.3) is 17.0 Å². The van der Waals surface area contributed by atoms with Gasteiger partial charge in [0.2, 0.25) is 5.43 Å². The Morgan fingerprint density at radius 1 is 1.19 bits per heavy atom. The predicted octanol–water partition coefficient (Wildman–Crippen LogP) is 3.12. The van der Waals surface area contributed by atoms with Gasteiger partial charge in [0, 0.05) is 28.7 Å². The number of aliphatic hydroxyl groups is 1. The molecule has 1 heterocycles. The number of benzene rings is 2. The molecule has 1 aromatic heterocycles. The molecule has 2 aromatic carbocycles. The van der Waals surface area contributed by atoms with E-state index in [-0.39, 0.29) is 17.6 Å². The topological polar surface area (TPSA) is 82.2 Å². The lowest BCUT2D eigenvalue weighted by molar-refractivity contribution is 0.0949. The van der Waals surface area contributed by atoms with Crippen LogP contribution < -0.4 is 10.7 Å². The fourth-order valence-electron chi connectivity index (χ4n) is 2.58. The predicted molar refractivity (Wildman–Crippen MR) is 103 cm³/mol. The zero-order valence-corrected chi connectivity index (χ0v) is 14.6. The highest BCUT2D eigenvalue weighted by Gasteiger charge is 2.13. The summed E-state index contributed by atoms with van der Waals surface area (Å²) in [5.74, 6) is -0.445. The van der Waals surface area contributed by atoms with E-state index in [0.29, 0.717) is 22.5 Å². The van der Waals surface area contributed by atoms with Gasteiger partial charge in [0.1, 0.15) is 5.56 Å². The number of H-pyrrole nitrogens is 1. The molecule has 0 aliphatic rings. The van der Waals surface area contributed by atoms with Gasteiger partial charge in [-0.3, -0.25) is 9.59 Å². The van der Waals surface area contributed by atoms with Crippen LogP contribution in [0.4, 0.5) is 0 Å². The Morgan fingerprint density at radius 3 is 2.69 bits per heavy atom. The molecule has 0 saturated heterocycles. The first-order valence-electron chi connectivity index (χ1n) is 8.04. The van der Waals surface area contributed by atoms with Gasteiger partial charge in [0.05, 0.1) is 6.61 Å². The average molecular weight is 369 g/mol. The number of pyridine rings is 1. The van der Waals surface area contributed by atoms with Crippen LogP contribution in [0.1, 0.15) is 21.5 Å². The molecule has 1 amide bonds. The Bertz CT molecular complexity index is 1020. The van der Waals surface area contributed by atoms with E-state index in [4.69, 9.17) is 16.7 Å². The minimum absolute atomic E-state index is 0.0507. The summed E-state index contributed by atoms with van der Waals surface area (Å²) in [4.78, 5) is 28.1. The van der Waals surface area contributed by atoms with Crippen LogP contribution in [0.5, 0.6) is 0 Å². The maximum Gasteiger partial charge on any atom is 0.257 e. The number of carbonyl (C=O) groups is 1. The molecule has 6 heteroatoms. The number of aliphatic hydroxyl groups excluding tert-OH is 1. The number of aromatic amines is 1. The zero-order chi connectivity index (χ0) is 18.5. The van der Waals surface area contributed by atoms with Crippen LogP contribution >= 0.6 is 11.6 Å². The molecule has 132 valence electrons. The quantitative estimate of drug-likeness (QED) is 0.647. The number of halogens is 1. The van der Waals surface area contributed by atoms with Gasteiger partial charge in [0.25, 0.3) is 5.91 Å². The summed E-state index contributed by atoms with van der Waals surface area (Å²) in [5, 5.41) is 12.6. The van der Waals surface area contributed by atoms with Gasteiger partial charge < -0.3 is 15.4 Å². The molecule has 0 spiro atoms. The van der Waals surface area contributed by atoms with E-state index in [1.807, 2.05) is 18.2 Å². The van der Waals surface area contributed by atoms with E-state index < -0.39 is 5.91 Å². The van der Waals surface area contributed by atoms with Gasteiger partial charge >= 0.3 is 0 Å². The zero-order valence-electron chi connectivity index (χ0n) is 13.8. The molecule has 0 aliphatic carbocycles. The van der Waals surface area contributed by atoms with Gasteiger partial charge in [-0.05, 0) is 35.4 Å². The maximum atomic E-state index is 12.7. The number of hydrogen-bond donors (Lipinski definition) is 3. The van der Waals surface area contributed by atoms with E-state index in [2.05, 4.69) is 10.3 Å². The van der Waals surface area contributed by atoms with Gasteiger partial charge in [-0.25, -0.2) is 0 Å². The van der Waals surface area contributed by atoms with Crippen molar-refractivity contribution < 1.29 is 9.90 Å². The fourth-order valence-corrected chi connectivity index (χ4v) is 2.70. The Kier molecular flexibility index (Phi) is 5.51. The second-order valence-electron chi connectivity index (χ2n) is 5.73. The van der Waals surface area contributed by atoms with Crippen molar-refractivity contribution in [2.45, 2.75) is 6.54 Å². The number of hydrogen-bond acceptors (Lipinski definition) is 3. The smallest absolute Gasteiger partial charge is 0.257 e. The van der Waals surface area contributed by atoms with E-state index in [1.165, 1.54) is 6.20 Å². The summed E-state index contributed by atoms with van der Waals surface area (Å²) in [5.41, 5.74) is 2.01. The number of aromatic nitrogens is 1. The number of carbonyl (C=O) groups excluding carboxylic acids is 1. The molecular weight excluding hydrogens is 352 g/mol. The summed E-state index contributed by atoms with van der Waals surface area (Å²) in [6.45, 7) is 0.217. The summed E-state index contributed by atoms with van der Waals surface area (Å²) in [7, 11) is 0. The monoisotopic (exact) mass is 368 g/mol. The highest BCUT2D eigenvalue weighted by atomic mass is 35.5. The molecule has 0 aliphatic heterocycles. The van der Waals surface area contributed by atoms with Crippen molar-refractivity contribution >= 4 is 34.5 Å². The fraction of sp³-hybridized carbons (Fsp3) is 0.100. The maximum absolute atomic E-state index is 12.7. The molecular formula is C20H17ClN2O3. The molecule has 26 heavy (non-hydrogen) atoms. The standard InChI is InChI=1S/C20H17ClN2O3/c21-15-6-3-14(4-7-15)11-23-20(26)17-12-22-18-8-5-13(2-1-9-24)10-16(18)19(17)25/h1-8,10,12,24H,9,11H2,(H,22,25)(H,23,26). The van der Waals surface area contributed by atoms with Crippen molar-refractivity contribution in [2.75, 3.05) is 6.61 Å². The first-order chi connectivity index (χ1) is 12.6. The molecule has 0 saturated carbocycles. The molecule has 0 bridgehead atoms. The lowest BCUT2D eigenvalue weighted by atomic mass is 10.1. The molecule has 0 atom stereocenters. The lowest BCUT2D eigenvalue weighted by Crippen LogP contribution is -2.28. The van der Waals surface area contributed by atoms with Gasteiger partial charge in [0.15, 0.2) is 0 Å². The average Bonchev–Trinajstić information content (AvgIpc) is 2.66. The molecule has 3 rings (SSSR count). The third-order valence-corrected chi connectivity index (χ3v) is 4.18. The normalized spacial score (nSPS) is 11.2. The SMILES string of the molecule is O=C(NCc1ccc(Cl)cc1)c1c[nH]c2ccc(C=CCO)cc2c1=O. The second-order valence-corrected chi connectivity index (χ2v) is 6.17. The van der Waals surface area contributed by atoms with Crippen LogP contribution in [-0.4, -0.2) is 22.6 Å². The highest BCUT2D eigenvalue weighted by molar-refractivity contribution is 6.30. The van der Waals surface area contributed by atoms with Gasteiger partial charge in [-0.15, -0.1) is 0 Å². The van der Waals surface area contributed by atoms with Crippen LogP contribution in [0.3, 0.4) is 0 Å². The van der Waals surface area contributed by atoms with Gasteiger partial charge in [-0.1, -0.05) is 42.0 Å². The number of rotatable bonds is 5. The summed E-state index contributed by atoms with van der Waals surface area (Å²) < 4.78 is 0. The summed E-state index contributed by atoms with van der Waals surface area (Å²) in [6, 6.07) is 12.4. The highest BCUT2D eigenvalue weighted by Crippen LogP contribution is 2.13. The van der Waals surface area contributed by atoms with E-state index in [9.17, 15) is 9.59 Å². The molecule has 0 fully saturated rings. The molecule has 0 unspecified atom stereocenters. The summed E-state index contributed by atoms with van der Waals surface area (Å²) in [6.07, 6.45) is 4.72. The number of nitrogens with one attached hydrogen (secondary N) is 2. The van der Waals surface area contributed by atoms with Crippen molar-refractivity contribution in [1.29, 1.82) is 0 Å². The Labute approximate surface area is 154 Å². The first-order valence-corrected chi connectivity index (χ1v) is 8.42. The van der Waals surface area contributed by atoms with Crippen molar-refractivity contribution in [3.63, 3.8) is 0 Å². The molecule has 5 nitrogen and oxygen atoms in total. The van der Waals surface area contributed by atoms with Crippen LogP contribution in [0, 0.1) is 0 Å². The lowest BCUT2D eigenvalue weighted by Gasteiger charge is -2.07. The second kappa shape index (κ2) is 7.99. The largest absolute Gasteiger partial charge is 0.392 e. The van der Waals surface area contributed by atoms with Crippen LogP contribution in [0.2, 0.25) is 5.02 Å². The first kappa shape index (κ1) is 17.9.